The van der Waals surface area contributed by atoms with Gasteiger partial charge in [0.25, 0.3) is 0 Å². The zero-order chi connectivity index (χ0) is 25.0. The number of nitrogens with one attached hydrogen (secondary N) is 1. The summed E-state index contributed by atoms with van der Waals surface area (Å²) in [6, 6.07) is 8.84. The van der Waals surface area contributed by atoms with Crippen molar-refractivity contribution >= 4 is 40.5 Å². The number of thiol groups is 1. The molecule has 1 aliphatic heterocycles. The summed E-state index contributed by atoms with van der Waals surface area (Å²) in [4.78, 5) is 36.6. The molecule has 0 aromatic heterocycles. The normalized spacial score (nSPS) is 19.4. The van der Waals surface area contributed by atoms with Crippen molar-refractivity contribution in [2.24, 2.45) is 0 Å². The SMILES string of the molecule is COC(=O)[C@H](Cc1ccc(O)cc1)NC(=O)[C@@H]1C[C@H](S)CN1S(=O)(=O)c1ccccc1C(=O)O. The second-order valence-corrected chi connectivity index (χ2v) is 10.3. The number of carbonyl (C=O) groups excluding carboxylic acids is 2. The second kappa shape index (κ2) is 10.5. The van der Waals surface area contributed by atoms with Gasteiger partial charge < -0.3 is 20.3 Å². The lowest BCUT2D eigenvalue weighted by Gasteiger charge is -2.26. The summed E-state index contributed by atoms with van der Waals surface area (Å²) in [7, 11) is -3.20. The molecule has 12 heteroatoms. The Morgan fingerprint density at radius 2 is 1.82 bits per heavy atom. The van der Waals surface area contributed by atoms with E-state index < -0.39 is 55.7 Å². The molecule has 0 saturated carbocycles. The van der Waals surface area contributed by atoms with E-state index in [2.05, 4.69) is 17.9 Å². The first kappa shape index (κ1) is 25.5. The zero-order valence-electron chi connectivity index (χ0n) is 18.1. The third-order valence-electron chi connectivity index (χ3n) is 5.42. The van der Waals surface area contributed by atoms with Crippen molar-refractivity contribution in [3.63, 3.8) is 0 Å². The van der Waals surface area contributed by atoms with E-state index in [-0.39, 0.29) is 25.1 Å². The highest BCUT2D eigenvalue weighted by molar-refractivity contribution is 7.89. The molecule has 0 aliphatic carbocycles. The topological polar surface area (TPSA) is 150 Å². The molecule has 0 bridgehead atoms. The maximum absolute atomic E-state index is 13.4. The number of esters is 1. The van der Waals surface area contributed by atoms with Crippen LogP contribution in [0.4, 0.5) is 0 Å². The van der Waals surface area contributed by atoms with Crippen LogP contribution in [0.5, 0.6) is 5.75 Å². The average molecular weight is 509 g/mol. The number of aromatic carboxylic acids is 1. The number of nitrogens with zero attached hydrogens (tertiary/aromatic N) is 1. The van der Waals surface area contributed by atoms with Gasteiger partial charge in [0.2, 0.25) is 15.9 Å². The van der Waals surface area contributed by atoms with Gasteiger partial charge in [-0.25, -0.2) is 18.0 Å². The average Bonchev–Trinajstić information content (AvgIpc) is 3.22. The largest absolute Gasteiger partial charge is 0.508 e. The highest BCUT2D eigenvalue weighted by Crippen LogP contribution is 2.30. The van der Waals surface area contributed by atoms with Crippen LogP contribution in [0, 0.1) is 0 Å². The van der Waals surface area contributed by atoms with Crippen LogP contribution in [-0.4, -0.2) is 71.8 Å². The van der Waals surface area contributed by atoms with Gasteiger partial charge in [-0.3, -0.25) is 4.79 Å². The first-order chi connectivity index (χ1) is 16.0. The molecule has 3 rings (SSSR count). The van der Waals surface area contributed by atoms with Crippen molar-refractivity contribution < 1.29 is 37.8 Å². The fourth-order valence-electron chi connectivity index (χ4n) is 3.75. The highest BCUT2D eigenvalue weighted by Gasteiger charge is 2.44. The summed E-state index contributed by atoms with van der Waals surface area (Å²) < 4.78 is 32.4. The summed E-state index contributed by atoms with van der Waals surface area (Å²) in [6.45, 7) is -0.113. The fraction of sp³-hybridized carbons (Fsp3) is 0.318. The van der Waals surface area contributed by atoms with E-state index in [0.29, 0.717) is 5.56 Å². The van der Waals surface area contributed by atoms with Crippen molar-refractivity contribution in [1.82, 2.24) is 9.62 Å². The minimum Gasteiger partial charge on any atom is -0.508 e. The first-order valence-corrected chi connectivity index (χ1v) is 12.2. The third kappa shape index (κ3) is 5.51. The van der Waals surface area contributed by atoms with Gasteiger partial charge in [0, 0.05) is 18.2 Å². The highest BCUT2D eigenvalue weighted by atomic mass is 32.2. The van der Waals surface area contributed by atoms with Gasteiger partial charge in [0.05, 0.1) is 17.6 Å². The van der Waals surface area contributed by atoms with E-state index >= 15 is 0 Å². The Hall–Kier alpha value is -3.09. The summed E-state index contributed by atoms with van der Waals surface area (Å²) in [6.07, 6.45) is 0.112. The van der Waals surface area contributed by atoms with Crippen LogP contribution in [0.2, 0.25) is 0 Å². The summed E-state index contributed by atoms with van der Waals surface area (Å²) in [5.74, 6) is -2.84. The number of hydrogen-bond acceptors (Lipinski definition) is 8. The molecule has 1 fully saturated rings. The summed E-state index contributed by atoms with van der Waals surface area (Å²) in [5.41, 5.74) is 0.218. The van der Waals surface area contributed by atoms with Crippen molar-refractivity contribution in [2.45, 2.75) is 35.1 Å². The quantitative estimate of drug-likeness (QED) is 0.305. The molecule has 0 radical (unpaired) electrons. The number of sulfonamides is 1. The number of benzene rings is 2. The maximum Gasteiger partial charge on any atom is 0.337 e. The van der Waals surface area contributed by atoms with Crippen LogP contribution in [0.25, 0.3) is 0 Å². The van der Waals surface area contributed by atoms with Crippen LogP contribution in [0.15, 0.2) is 53.4 Å². The molecule has 10 nitrogen and oxygen atoms in total. The number of amides is 1. The molecule has 2 aromatic carbocycles. The van der Waals surface area contributed by atoms with Crippen LogP contribution < -0.4 is 5.32 Å². The van der Waals surface area contributed by atoms with E-state index in [0.717, 1.165) is 11.4 Å². The van der Waals surface area contributed by atoms with Crippen molar-refractivity contribution in [3.05, 3.63) is 59.7 Å². The van der Waals surface area contributed by atoms with E-state index in [1.165, 1.54) is 36.4 Å². The third-order valence-corrected chi connectivity index (χ3v) is 7.73. The number of phenols is 1. The lowest BCUT2D eigenvalue weighted by molar-refractivity contribution is -0.145. The zero-order valence-corrected chi connectivity index (χ0v) is 19.8. The Morgan fingerprint density at radius 3 is 2.44 bits per heavy atom. The standard InChI is InChI=1S/C22H24N2O8S2/c1-32-22(29)17(10-13-6-8-14(25)9-7-13)23-20(26)18-11-15(33)12-24(18)34(30,31)19-5-3-2-4-16(19)21(27)28/h2-9,15,17-18,25,33H,10-12H2,1H3,(H,23,26)(H,27,28)/t15-,17-,18-/m0/s1. The van der Waals surface area contributed by atoms with E-state index in [1.807, 2.05) is 0 Å². The molecule has 3 N–H and O–H groups in total. The molecular formula is C22H24N2O8S2. The first-order valence-electron chi connectivity index (χ1n) is 10.2. The second-order valence-electron chi connectivity index (χ2n) is 7.74. The van der Waals surface area contributed by atoms with Crippen LogP contribution >= 0.6 is 12.6 Å². The number of hydrogen-bond donors (Lipinski definition) is 4. The fourth-order valence-corrected chi connectivity index (χ4v) is 6.07. The van der Waals surface area contributed by atoms with Crippen LogP contribution in [0.1, 0.15) is 22.3 Å². The predicted molar refractivity (Wildman–Crippen MR) is 124 cm³/mol. The predicted octanol–water partition coefficient (Wildman–Crippen LogP) is 1.05. The minimum atomic E-state index is -4.37. The van der Waals surface area contributed by atoms with Gasteiger partial charge in [0.1, 0.15) is 17.8 Å². The monoisotopic (exact) mass is 508 g/mol. The number of methoxy groups -OCH3 is 1. The van der Waals surface area contributed by atoms with Gasteiger partial charge >= 0.3 is 11.9 Å². The number of rotatable bonds is 8. The Labute approximate surface area is 202 Å². The molecule has 1 saturated heterocycles. The van der Waals surface area contributed by atoms with Crippen molar-refractivity contribution in [3.8, 4) is 5.75 Å². The molecule has 1 amide bonds. The molecule has 182 valence electrons. The Morgan fingerprint density at radius 1 is 1.18 bits per heavy atom. The molecule has 3 atom stereocenters. The molecule has 1 aliphatic rings. The molecule has 0 unspecified atom stereocenters. The van der Waals surface area contributed by atoms with E-state index in [9.17, 15) is 33.0 Å². The minimum absolute atomic E-state index is 0.0377. The lowest BCUT2D eigenvalue weighted by Crippen LogP contribution is -2.51. The van der Waals surface area contributed by atoms with Gasteiger partial charge in [-0.2, -0.15) is 16.9 Å². The Kier molecular flexibility index (Phi) is 7.85. The number of phenolic OH excluding ortho intramolecular Hbond substituents is 1. The molecular weight excluding hydrogens is 484 g/mol. The molecule has 1 heterocycles. The smallest absolute Gasteiger partial charge is 0.337 e. The molecule has 0 spiro atoms. The van der Waals surface area contributed by atoms with E-state index in [1.54, 1.807) is 12.1 Å². The molecule has 34 heavy (non-hydrogen) atoms. The number of carboxylic acids is 1. The Balaban J connectivity index is 1.87. The van der Waals surface area contributed by atoms with Gasteiger partial charge in [-0.05, 0) is 36.2 Å². The van der Waals surface area contributed by atoms with Crippen LogP contribution in [0.3, 0.4) is 0 Å². The van der Waals surface area contributed by atoms with Crippen molar-refractivity contribution in [1.29, 1.82) is 0 Å². The van der Waals surface area contributed by atoms with Crippen molar-refractivity contribution in [2.75, 3.05) is 13.7 Å². The maximum atomic E-state index is 13.4. The lowest BCUT2D eigenvalue weighted by atomic mass is 10.0. The number of carboxylic acid groups (broad SMARTS) is 1. The van der Waals surface area contributed by atoms with Gasteiger partial charge in [-0.15, -0.1) is 0 Å². The molecule has 2 aromatic rings. The number of aromatic hydroxyl groups is 1. The summed E-state index contributed by atoms with van der Waals surface area (Å²) in [5, 5.41) is 20.9. The number of ether oxygens (including phenoxy) is 1. The van der Waals surface area contributed by atoms with Crippen LogP contribution in [-0.2, 0) is 30.8 Å². The van der Waals surface area contributed by atoms with Gasteiger partial charge in [-0.1, -0.05) is 24.3 Å². The van der Waals surface area contributed by atoms with E-state index in [4.69, 9.17) is 4.74 Å². The number of carbonyl (C=O) groups is 3. The van der Waals surface area contributed by atoms with Gasteiger partial charge in [0.15, 0.2) is 0 Å². The Bertz CT molecular complexity index is 1180. The summed E-state index contributed by atoms with van der Waals surface area (Å²) >= 11 is 4.34.